The first-order valence-electron chi connectivity index (χ1n) is 3.84. The number of primary amides is 1. The first-order valence-corrected chi connectivity index (χ1v) is 3.84. The van der Waals surface area contributed by atoms with Gasteiger partial charge in [0, 0.05) is 0 Å². The molecular formula is C9H9NO4. The second-order valence-corrected chi connectivity index (χ2v) is 2.79. The van der Waals surface area contributed by atoms with E-state index >= 15 is 0 Å². The fourth-order valence-corrected chi connectivity index (χ4v) is 1.12. The molecule has 5 heteroatoms. The van der Waals surface area contributed by atoms with E-state index in [9.17, 15) is 9.59 Å². The number of rotatable bonds is 3. The minimum Gasteiger partial charge on any atom is -0.508 e. The maximum Gasteiger partial charge on any atom is 0.335 e. The van der Waals surface area contributed by atoms with Gasteiger partial charge < -0.3 is 15.9 Å². The summed E-state index contributed by atoms with van der Waals surface area (Å²) >= 11 is 0. The SMILES string of the molecule is NC(=O)Cc1cc(O)ccc1C(=O)O. The van der Waals surface area contributed by atoms with Crippen molar-refractivity contribution in [2.24, 2.45) is 5.73 Å². The van der Waals surface area contributed by atoms with Crippen molar-refractivity contribution in [3.63, 3.8) is 0 Å². The summed E-state index contributed by atoms with van der Waals surface area (Å²) in [5, 5.41) is 17.8. The molecule has 0 aliphatic heterocycles. The zero-order chi connectivity index (χ0) is 10.7. The van der Waals surface area contributed by atoms with E-state index in [1.54, 1.807) is 0 Å². The Morgan fingerprint density at radius 2 is 2.00 bits per heavy atom. The first kappa shape index (κ1) is 10.0. The molecule has 0 spiro atoms. The summed E-state index contributed by atoms with van der Waals surface area (Å²) in [6, 6.07) is 3.69. The van der Waals surface area contributed by atoms with Crippen molar-refractivity contribution in [1.29, 1.82) is 0 Å². The van der Waals surface area contributed by atoms with Gasteiger partial charge >= 0.3 is 5.97 Å². The summed E-state index contributed by atoms with van der Waals surface area (Å²) in [4.78, 5) is 21.3. The summed E-state index contributed by atoms with van der Waals surface area (Å²) in [6.45, 7) is 0. The van der Waals surface area contributed by atoms with Gasteiger partial charge in [0.1, 0.15) is 5.75 Å². The number of phenols is 1. The molecule has 1 amide bonds. The molecule has 0 radical (unpaired) electrons. The molecule has 1 aromatic carbocycles. The lowest BCUT2D eigenvalue weighted by Crippen LogP contribution is -2.16. The standard InChI is InChI=1S/C9H9NO4/c10-8(12)4-5-3-6(11)1-2-7(5)9(13)14/h1-3,11H,4H2,(H2,10,12)(H,13,14). The topological polar surface area (TPSA) is 101 Å². The van der Waals surface area contributed by atoms with Crippen LogP contribution in [0.4, 0.5) is 0 Å². The number of aromatic carboxylic acids is 1. The number of carboxylic acid groups (broad SMARTS) is 1. The number of carbonyl (C=O) groups excluding carboxylic acids is 1. The highest BCUT2D eigenvalue weighted by molar-refractivity contribution is 5.91. The number of carbonyl (C=O) groups is 2. The van der Waals surface area contributed by atoms with Crippen LogP contribution in [0.3, 0.4) is 0 Å². The third-order valence-corrected chi connectivity index (χ3v) is 1.68. The molecule has 0 bridgehead atoms. The highest BCUT2D eigenvalue weighted by Crippen LogP contribution is 2.17. The van der Waals surface area contributed by atoms with Crippen molar-refractivity contribution in [3.8, 4) is 5.75 Å². The zero-order valence-electron chi connectivity index (χ0n) is 7.23. The van der Waals surface area contributed by atoms with Gasteiger partial charge in [0.25, 0.3) is 0 Å². The van der Waals surface area contributed by atoms with E-state index in [-0.39, 0.29) is 23.3 Å². The Labute approximate surface area is 79.8 Å². The molecule has 1 aromatic rings. The van der Waals surface area contributed by atoms with Crippen LogP contribution in [0.2, 0.25) is 0 Å². The Morgan fingerprint density at radius 3 is 2.50 bits per heavy atom. The molecule has 14 heavy (non-hydrogen) atoms. The highest BCUT2D eigenvalue weighted by atomic mass is 16.4. The lowest BCUT2D eigenvalue weighted by Gasteiger charge is -2.03. The minimum atomic E-state index is -1.15. The van der Waals surface area contributed by atoms with E-state index in [4.69, 9.17) is 15.9 Å². The van der Waals surface area contributed by atoms with Crippen LogP contribution in [0.1, 0.15) is 15.9 Å². The highest BCUT2D eigenvalue weighted by Gasteiger charge is 2.12. The van der Waals surface area contributed by atoms with Gasteiger partial charge in [-0.1, -0.05) is 0 Å². The Morgan fingerprint density at radius 1 is 1.36 bits per heavy atom. The van der Waals surface area contributed by atoms with Crippen LogP contribution in [-0.2, 0) is 11.2 Å². The summed E-state index contributed by atoms with van der Waals surface area (Å²) in [5.74, 6) is -1.88. The van der Waals surface area contributed by atoms with Crippen LogP contribution in [0, 0.1) is 0 Å². The lowest BCUT2D eigenvalue weighted by atomic mass is 10.0. The number of carboxylic acids is 1. The molecular weight excluding hydrogens is 186 g/mol. The van der Waals surface area contributed by atoms with Crippen molar-refractivity contribution < 1.29 is 19.8 Å². The van der Waals surface area contributed by atoms with E-state index in [0.717, 1.165) is 0 Å². The van der Waals surface area contributed by atoms with Crippen molar-refractivity contribution in [1.82, 2.24) is 0 Å². The minimum absolute atomic E-state index is 0.0263. The molecule has 5 nitrogen and oxygen atoms in total. The number of amides is 1. The van der Waals surface area contributed by atoms with Crippen molar-refractivity contribution in [2.45, 2.75) is 6.42 Å². The molecule has 0 heterocycles. The van der Waals surface area contributed by atoms with E-state index in [0.29, 0.717) is 0 Å². The van der Waals surface area contributed by atoms with Crippen LogP contribution < -0.4 is 5.73 Å². The number of hydrogen-bond acceptors (Lipinski definition) is 3. The number of nitrogens with two attached hydrogens (primary N) is 1. The Bertz CT molecular complexity index is 386. The summed E-state index contributed by atoms with van der Waals surface area (Å²) in [6.07, 6.45) is -0.198. The summed E-state index contributed by atoms with van der Waals surface area (Å²) in [5.41, 5.74) is 5.12. The van der Waals surface area contributed by atoms with Gasteiger partial charge in [-0.3, -0.25) is 4.79 Å². The predicted molar refractivity (Wildman–Crippen MR) is 48.0 cm³/mol. The number of benzene rings is 1. The molecule has 0 atom stereocenters. The number of phenolic OH excluding ortho intramolecular Hbond substituents is 1. The Hall–Kier alpha value is -2.04. The number of aromatic hydroxyl groups is 1. The normalized spacial score (nSPS) is 9.71. The van der Waals surface area contributed by atoms with Gasteiger partial charge in [0.15, 0.2) is 0 Å². The Balaban J connectivity index is 3.15. The molecule has 0 saturated heterocycles. The van der Waals surface area contributed by atoms with Crippen LogP contribution in [0.25, 0.3) is 0 Å². The molecule has 0 aliphatic carbocycles. The van der Waals surface area contributed by atoms with Gasteiger partial charge in [0.2, 0.25) is 5.91 Å². The first-order chi connectivity index (χ1) is 6.50. The lowest BCUT2D eigenvalue weighted by molar-refractivity contribution is -0.117. The van der Waals surface area contributed by atoms with E-state index < -0.39 is 11.9 Å². The molecule has 4 N–H and O–H groups in total. The largest absolute Gasteiger partial charge is 0.508 e. The molecule has 0 saturated carbocycles. The second-order valence-electron chi connectivity index (χ2n) is 2.79. The zero-order valence-corrected chi connectivity index (χ0v) is 7.23. The molecule has 0 aromatic heterocycles. The fraction of sp³-hybridized carbons (Fsp3) is 0.111. The quantitative estimate of drug-likeness (QED) is 0.637. The smallest absolute Gasteiger partial charge is 0.335 e. The number of hydrogen-bond donors (Lipinski definition) is 3. The van der Waals surface area contributed by atoms with Gasteiger partial charge in [-0.05, 0) is 23.8 Å². The molecule has 0 unspecified atom stereocenters. The average Bonchev–Trinajstić information content (AvgIpc) is 2.01. The summed E-state index contributed by atoms with van der Waals surface area (Å²) in [7, 11) is 0. The molecule has 0 fully saturated rings. The van der Waals surface area contributed by atoms with Crippen molar-refractivity contribution >= 4 is 11.9 Å². The fourth-order valence-electron chi connectivity index (χ4n) is 1.12. The molecule has 1 rings (SSSR count). The van der Waals surface area contributed by atoms with Gasteiger partial charge in [-0.15, -0.1) is 0 Å². The maximum atomic E-state index is 10.7. The van der Waals surface area contributed by atoms with Crippen LogP contribution in [0.5, 0.6) is 5.75 Å². The molecule has 74 valence electrons. The van der Waals surface area contributed by atoms with Crippen LogP contribution in [-0.4, -0.2) is 22.1 Å². The van der Waals surface area contributed by atoms with Crippen molar-refractivity contribution in [3.05, 3.63) is 29.3 Å². The third kappa shape index (κ3) is 2.22. The predicted octanol–water partition coefficient (Wildman–Crippen LogP) is 0.118. The second kappa shape index (κ2) is 3.78. The molecule has 0 aliphatic rings. The summed E-state index contributed by atoms with van der Waals surface area (Å²) < 4.78 is 0. The average molecular weight is 195 g/mol. The van der Waals surface area contributed by atoms with E-state index in [1.165, 1.54) is 18.2 Å². The Kier molecular flexibility index (Phi) is 2.71. The monoisotopic (exact) mass is 195 g/mol. The van der Waals surface area contributed by atoms with E-state index in [2.05, 4.69) is 0 Å². The van der Waals surface area contributed by atoms with Crippen molar-refractivity contribution in [2.75, 3.05) is 0 Å². The van der Waals surface area contributed by atoms with Crippen LogP contribution >= 0.6 is 0 Å². The van der Waals surface area contributed by atoms with Gasteiger partial charge in [-0.25, -0.2) is 4.79 Å². The third-order valence-electron chi connectivity index (χ3n) is 1.68. The van der Waals surface area contributed by atoms with Crippen LogP contribution in [0.15, 0.2) is 18.2 Å². The maximum absolute atomic E-state index is 10.7. The van der Waals surface area contributed by atoms with E-state index in [1.807, 2.05) is 0 Å². The van der Waals surface area contributed by atoms with Gasteiger partial charge in [-0.2, -0.15) is 0 Å². The van der Waals surface area contributed by atoms with Gasteiger partial charge in [0.05, 0.1) is 12.0 Å².